The van der Waals surface area contributed by atoms with Gasteiger partial charge >= 0.3 is 0 Å². The van der Waals surface area contributed by atoms with Crippen molar-refractivity contribution >= 4 is 28.4 Å². The van der Waals surface area contributed by atoms with Gasteiger partial charge in [0.2, 0.25) is 5.91 Å². The fourth-order valence-corrected chi connectivity index (χ4v) is 4.02. The molecule has 1 N–H and O–H groups in total. The van der Waals surface area contributed by atoms with Crippen molar-refractivity contribution in [1.29, 1.82) is 0 Å². The topological polar surface area (TPSA) is 78.4 Å². The summed E-state index contributed by atoms with van der Waals surface area (Å²) in [6, 6.07) is 11.4. The summed E-state index contributed by atoms with van der Waals surface area (Å²) in [6.45, 7) is 2.00. The maximum atomic E-state index is 13.4. The van der Waals surface area contributed by atoms with Gasteiger partial charge < -0.3 is 15.1 Å². The minimum atomic E-state index is -0.305. The molecule has 0 spiro atoms. The Balaban J connectivity index is 1.31. The van der Waals surface area contributed by atoms with E-state index in [2.05, 4.69) is 15.3 Å². The van der Waals surface area contributed by atoms with E-state index in [1.54, 1.807) is 42.6 Å². The number of nitrogens with one attached hydrogen (secondary N) is 1. The molecule has 3 aromatic rings. The van der Waals surface area contributed by atoms with Crippen LogP contribution in [-0.2, 0) is 11.2 Å². The molecule has 7 nitrogen and oxygen atoms in total. The average molecular weight is 462 g/mol. The lowest BCUT2D eigenvalue weighted by molar-refractivity contribution is -0.111. The molecular weight excluding hydrogens is 433 g/mol. The fraction of sp³-hybridized carbons (Fsp3) is 0.308. The molecule has 0 bridgehead atoms. The Bertz CT molecular complexity index is 1210. The molecule has 176 valence electrons. The van der Waals surface area contributed by atoms with Gasteiger partial charge in [-0.2, -0.15) is 0 Å². The van der Waals surface area contributed by atoms with Crippen LogP contribution in [0.3, 0.4) is 0 Å². The van der Waals surface area contributed by atoms with E-state index in [1.807, 2.05) is 23.9 Å². The maximum absolute atomic E-state index is 13.4. The normalized spacial score (nSPS) is 16.0. The number of hydrogen-bond donors (Lipinski definition) is 1. The molecule has 34 heavy (non-hydrogen) atoms. The number of hydrogen-bond acceptors (Lipinski definition) is 5. The SMILES string of the molecule is CN(C)C/C=C/C(=O)Nc1ccc(C(=O)N2CC[C@@H](Cc3ncc4cc(F)ccc4n3)C2)cc1. The van der Waals surface area contributed by atoms with Crippen molar-refractivity contribution in [2.45, 2.75) is 12.8 Å². The first-order chi connectivity index (χ1) is 16.4. The van der Waals surface area contributed by atoms with E-state index in [0.29, 0.717) is 48.5 Å². The zero-order valence-corrected chi connectivity index (χ0v) is 19.4. The second-order valence-electron chi connectivity index (χ2n) is 8.83. The van der Waals surface area contributed by atoms with Gasteiger partial charge in [0, 0.05) is 55.0 Å². The molecule has 0 aliphatic carbocycles. The van der Waals surface area contributed by atoms with Crippen LogP contribution >= 0.6 is 0 Å². The number of amides is 2. The summed E-state index contributed by atoms with van der Waals surface area (Å²) in [5.41, 5.74) is 1.95. The molecule has 8 heteroatoms. The Morgan fingerprint density at radius 3 is 2.76 bits per heavy atom. The first-order valence-corrected chi connectivity index (χ1v) is 11.3. The summed E-state index contributed by atoms with van der Waals surface area (Å²) in [7, 11) is 3.86. The molecule has 2 aromatic carbocycles. The Labute approximate surface area is 198 Å². The molecule has 1 aromatic heterocycles. The second kappa shape index (κ2) is 10.5. The highest BCUT2D eigenvalue weighted by atomic mass is 19.1. The van der Waals surface area contributed by atoms with Crippen LogP contribution in [0.1, 0.15) is 22.6 Å². The highest BCUT2D eigenvalue weighted by molar-refractivity contribution is 6.00. The first-order valence-electron chi connectivity index (χ1n) is 11.3. The van der Waals surface area contributed by atoms with E-state index in [1.165, 1.54) is 18.2 Å². The molecule has 0 saturated carbocycles. The van der Waals surface area contributed by atoms with E-state index in [4.69, 9.17) is 0 Å². The third kappa shape index (κ3) is 6.02. The van der Waals surface area contributed by atoms with Crippen LogP contribution in [0.5, 0.6) is 0 Å². The fourth-order valence-electron chi connectivity index (χ4n) is 4.02. The van der Waals surface area contributed by atoms with Gasteiger partial charge in [-0.05, 0) is 68.9 Å². The minimum Gasteiger partial charge on any atom is -0.338 e. The Morgan fingerprint density at radius 1 is 1.21 bits per heavy atom. The Kier molecular flexibility index (Phi) is 7.27. The molecule has 0 radical (unpaired) electrons. The number of likely N-dealkylation sites (N-methyl/N-ethyl adjacent to an activating group) is 1. The molecule has 1 aliphatic rings. The molecule has 1 aliphatic heterocycles. The van der Waals surface area contributed by atoms with Crippen LogP contribution in [0.25, 0.3) is 10.9 Å². The van der Waals surface area contributed by atoms with Crippen LogP contribution in [0, 0.1) is 11.7 Å². The van der Waals surface area contributed by atoms with Crippen molar-refractivity contribution in [2.24, 2.45) is 5.92 Å². The lowest BCUT2D eigenvalue weighted by Crippen LogP contribution is -2.29. The lowest BCUT2D eigenvalue weighted by atomic mass is 10.0. The summed E-state index contributed by atoms with van der Waals surface area (Å²) in [5.74, 6) is 0.444. The van der Waals surface area contributed by atoms with Gasteiger partial charge in [0.05, 0.1) is 5.52 Å². The highest BCUT2D eigenvalue weighted by Gasteiger charge is 2.27. The van der Waals surface area contributed by atoms with Gasteiger partial charge in [-0.1, -0.05) is 6.08 Å². The van der Waals surface area contributed by atoms with Crippen molar-refractivity contribution in [2.75, 3.05) is 39.0 Å². The van der Waals surface area contributed by atoms with Crippen LogP contribution < -0.4 is 5.32 Å². The average Bonchev–Trinajstić information content (AvgIpc) is 3.27. The van der Waals surface area contributed by atoms with Crippen molar-refractivity contribution in [3.63, 3.8) is 0 Å². The molecule has 0 unspecified atom stereocenters. The van der Waals surface area contributed by atoms with E-state index in [-0.39, 0.29) is 23.5 Å². The van der Waals surface area contributed by atoms with E-state index in [9.17, 15) is 14.0 Å². The van der Waals surface area contributed by atoms with Crippen molar-refractivity contribution in [3.05, 3.63) is 78.0 Å². The van der Waals surface area contributed by atoms with Gasteiger partial charge in [0.15, 0.2) is 0 Å². The third-order valence-electron chi connectivity index (χ3n) is 5.78. The van der Waals surface area contributed by atoms with Crippen LogP contribution in [-0.4, -0.2) is 65.3 Å². The predicted molar refractivity (Wildman–Crippen MR) is 130 cm³/mol. The zero-order chi connectivity index (χ0) is 24.1. The lowest BCUT2D eigenvalue weighted by Gasteiger charge is -2.17. The van der Waals surface area contributed by atoms with E-state index < -0.39 is 0 Å². The van der Waals surface area contributed by atoms with Crippen molar-refractivity contribution in [3.8, 4) is 0 Å². The minimum absolute atomic E-state index is 0.0267. The van der Waals surface area contributed by atoms with Crippen molar-refractivity contribution < 1.29 is 14.0 Å². The molecule has 1 fully saturated rings. The summed E-state index contributed by atoms with van der Waals surface area (Å²) < 4.78 is 13.4. The number of carbonyl (C=O) groups excluding carboxylic acids is 2. The van der Waals surface area contributed by atoms with Gasteiger partial charge in [-0.15, -0.1) is 0 Å². The molecule has 1 saturated heterocycles. The standard InChI is InChI=1S/C26H28FN5O2/c1-31(2)12-3-4-25(33)29-22-8-5-19(6-9-22)26(34)32-13-11-18(17-32)14-24-28-16-20-15-21(27)7-10-23(20)30-24/h3-10,15-16,18H,11-14,17H2,1-2H3,(H,29,33)/b4-3+/t18-/m0/s1. The number of halogens is 1. The number of aromatic nitrogens is 2. The number of fused-ring (bicyclic) bond motifs is 1. The van der Waals surface area contributed by atoms with Gasteiger partial charge in [-0.3, -0.25) is 9.59 Å². The number of benzene rings is 2. The maximum Gasteiger partial charge on any atom is 0.253 e. The van der Waals surface area contributed by atoms with Gasteiger partial charge in [0.25, 0.3) is 5.91 Å². The molecular formula is C26H28FN5O2. The molecule has 1 atom stereocenters. The predicted octanol–water partition coefficient (Wildman–Crippen LogP) is 3.53. The molecule has 2 heterocycles. The summed E-state index contributed by atoms with van der Waals surface area (Å²) in [6.07, 6.45) is 6.49. The van der Waals surface area contributed by atoms with Gasteiger partial charge in [0.1, 0.15) is 11.6 Å². The van der Waals surface area contributed by atoms with Crippen LogP contribution in [0.15, 0.2) is 60.8 Å². The smallest absolute Gasteiger partial charge is 0.253 e. The summed E-state index contributed by atoms with van der Waals surface area (Å²) >= 11 is 0. The van der Waals surface area contributed by atoms with Crippen LogP contribution in [0.4, 0.5) is 10.1 Å². The van der Waals surface area contributed by atoms with Crippen LogP contribution in [0.2, 0.25) is 0 Å². The Hall–Kier alpha value is -3.65. The number of carbonyl (C=O) groups is 2. The third-order valence-corrected chi connectivity index (χ3v) is 5.78. The van der Waals surface area contributed by atoms with Crippen molar-refractivity contribution in [1.82, 2.24) is 19.8 Å². The number of likely N-dealkylation sites (tertiary alicyclic amines) is 1. The number of nitrogens with zero attached hydrogens (tertiary/aromatic N) is 4. The summed E-state index contributed by atoms with van der Waals surface area (Å²) in [4.78, 5) is 37.7. The van der Waals surface area contributed by atoms with E-state index >= 15 is 0 Å². The highest BCUT2D eigenvalue weighted by Crippen LogP contribution is 2.23. The summed E-state index contributed by atoms with van der Waals surface area (Å²) in [5, 5.41) is 3.47. The van der Waals surface area contributed by atoms with Gasteiger partial charge in [-0.25, -0.2) is 14.4 Å². The number of anilines is 1. The second-order valence-corrected chi connectivity index (χ2v) is 8.83. The quantitative estimate of drug-likeness (QED) is 0.545. The Morgan fingerprint density at radius 2 is 2.00 bits per heavy atom. The molecule has 2 amide bonds. The monoisotopic (exact) mass is 461 g/mol. The zero-order valence-electron chi connectivity index (χ0n) is 19.4. The first kappa shape index (κ1) is 23.5. The largest absolute Gasteiger partial charge is 0.338 e. The number of rotatable bonds is 7. The van der Waals surface area contributed by atoms with E-state index in [0.717, 1.165) is 11.9 Å². The molecule has 4 rings (SSSR count).